The van der Waals surface area contributed by atoms with Crippen LogP contribution in [-0.2, 0) is 6.18 Å². The first-order valence-electron chi connectivity index (χ1n) is 8.86. The number of hydrogen-bond donors (Lipinski definition) is 0. The van der Waals surface area contributed by atoms with Crippen molar-refractivity contribution >= 4 is 30.6 Å². The molecule has 2 aliphatic heterocycles. The van der Waals surface area contributed by atoms with Gasteiger partial charge in [-0.25, -0.2) is 9.97 Å². The summed E-state index contributed by atoms with van der Waals surface area (Å²) in [6.07, 6.45) is -3.34. The number of alkyl halides is 3. The van der Waals surface area contributed by atoms with Gasteiger partial charge in [0.25, 0.3) is 0 Å². The summed E-state index contributed by atoms with van der Waals surface area (Å²) in [4.78, 5) is 11.4. The van der Waals surface area contributed by atoms with Crippen LogP contribution in [0.2, 0.25) is 0 Å². The molecule has 1 aromatic carbocycles. The van der Waals surface area contributed by atoms with Crippen molar-refractivity contribution < 1.29 is 17.9 Å². The van der Waals surface area contributed by atoms with Gasteiger partial charge in [-0.1, -0.05) is 12.1 Å². The fraction of sp³-hybridized carbons (Fsp3) is 0.474. The molecule has 160 valence electrons. The average Bonchev–Trinajstić information content (AvgIpc) is 3.18. The molecule has 0 spiro atoms. The van der Waals surface area contributed by atoms with E-state index in [9.17, 15) is 13.2 Å². The number of aromatic nitrogens is 2. The second-order valence-electron chi connectivity index (χ2n) is 7.22. The molecule has 0 saturated carbocycles. The maximum atomic E-state index is 12.9. The Kier molecular flexibility index (Phi) is 7.24. The third kappa shape index (κ3) is 4.54. The molecular formula is C19H23Cl2F3N4O. The van der Waals surface area contributed by atoms with Crippen molar-refractivity contribution in [2.24, 2.45) is 11.8 Å². The lowest BCUT2D eigenvalue weighted by molar-refractivity contribution is -0.144. The monoisotopic (exact) mass is 450 g/mol. The summed E-state index contributed by atoms with van der Waals surface area (Å²) in [5.74, 6) is 0.813. The van der Waals surface area contributed by atoms with Gasteiger partial charge in [0.2, 0.25) is 5.82 Å². The molecule has 10 heteroatoms. The molecule has 0 amide bonds. The van der Waals surface area contributed by atoms with E-state index in [1.807, 2.05) is 17.0 Å². The predicted molar refractivity (Wildman–Crippen MR) is 109 cm³/mol. The van der Waals surface area contributed by atoms with E-state index in [2.05, 4.69) is 34.0 Å². The molecule has 4 rings (SSSR count). The first kappa shape index (κ1) is 23.5. The summed E-state index contributed by atoms with van der Waals surface area (Å²) in [5, 5.41) is 0. The van der Waals surface area contributed by atoms with Crippen molar-refractivity contribution in [1.29, 1.82) is 0 Å². The quantitative estimate of drug-likeness (QED) is 0.704. The van der Waals surface area contributed by atoms with E-state index in [0.29, 0.717) is 30.7 Å². The summed E-state index contributed by atoms with van der Waals surface area (Å²) in [7, 11) is 3.74. The van der Waals surface area contributed by atoms with Crippen molar-refractivity contribution in [2.75, 3.05) is 38.7 Å². The fourth-order valence-corrected chi connectivity index (χ4v) is 4.41. The minimum atomic E-state index is -4.53. The van der Waals surface area contributed by atoms with Gasteiger partial charge in [-0.2, -0.15) is 13.2 Å². The molecule has 29 heavy (non-hydrogen) atoms. The Morgan fingerprint density at radius 3 is 2.34 bits per heavy atom. The smallest absolute Gasteiger partial charge is 0.451 e. The van der Waals surface area contributed by atoms with Crippen LogP contribution in [0.3, 0.4) is 0 Å². The third-order valence-electron chi connectivity index (χ3n) is 5.57. The Labute approximate surface area is 180 Å². The van der Waals surface area contributed by atoms with E-state index < -0.39 is 12.0 Å². The summed E-state index contributed by atoms with van der Waals surface area (Å²) in [6.45, 7) is 2.30. The number of likely N-dealkylation sites (tertiary alicyclic amines) is 1. The van der Waals surface area contributed by atoms with E-state index in [1.54, 1.807) is 13.2 Å². The molecule has 0 N–H and O–H groups in total. The number of fused-ring (bicyclic) bond motifs is 1. The molecule has 0 radical (unpaired) electrons. The van der Waals surface area contributed by atoms with Gasteiger partial charge < -0.3 is 9.64 Å². The average molecular weight is 451 g/mol. The molecule has 2 aliphatic rings. The predicted octanol–water partition coefficient (Wildman–Crippen LogP) is 4.09. The first-order valence-corrected chi connectivity index (χ1v) is 8.86. The van der Waals surface area contributed by atoms with Crippen LogP contribution in [0.4, 0.5) is 19.0 Å². The lowest BCUT2D eigenvalue weighted by Crippen LogP contribution is -2.30. The minimum absolute atomic E-state index is 0. The summed E-state index contributed by atoms with van der Waals surface area (Å²) < 4.78 is 44.0. The molecule has 2 aromatic rings. The number of nitrogens with zero attached hydrogens (tertiary/aromatic N) is 4. The highest BCUT2D eigenvalue weighted by molar-refractivity contribution is 5.85. The number of anilines is 1. The number of rotatable bonds is 3. The number of benzene rings is 1. The lowest BCUT2D eigenvalue weighted by atomic mass is 9.89. The van der Waals surface area contributed by atoms with Crippen LogP contribution in [0, 0.1) is 11.8 Å². The summed E-state index contributed by atoms with van der Waals surface area (Å²) >= 11 is 0. The van der Waals surface area contributed by atoms with Crippen LogP contribution in [0.15, 0.2) is 36.5 Å². The third-order valence-corrected chi connectivity index (χ3v) is 5.57. The number of ether oxygens (including phenoxy) is 1. The lowest BCUT2D eigenvalue weighted by Gasteiger charge is -2.27. The van der Waals surface area contributed by atoms with Crippen molar-refractivity contribution in [2.45, 2.75) is 12.2 Å². The Morgan fingerprint density at radius 2 is 1.72 bits per heavy atom. The van der Waals surface area contributed by atoms with E-state index in [-0.39, 0.29) is 30.9 Å². The highest BCUT2D eigenvalue weighted by atomic mass is 35.5. The highest BCUT2D eigenvalue weighted by Crippen LogP contribution is 2.45. The number of hydrogen-bond acceptors (Lipinski definition) is 5. The second kappa shape index (κ2) is 8.93. The molecule has 1 aromatic heterocycles. The van der Waals surface area contributed by atoms with Gasteiger partial charge in [0, 0.05) is 37.8 Å². The van der Waals surface area contributed by atoms with Crippen molar-refractivity contribution in [3.63, 3.8) is 0 Å². The molecule has 0 bridgehead atoms. The van der Waals surface area contributed by atoms with Crippen LogP contribution in [0.5, 0.6) is 5.75 Å². The molecule has 2 saturated heterocycles. The standard InChI is InChI=1S/C19H21F3N4O.2ClH/c1-25-9-13-10-26(16-7-8-23-18(24-16)19(20,21)22)11-15(13)17(25)12-3-5-14(27-2)6-4-12;;/h3-8,13,15,17H,9-11H2,1-2H3;2*1H/t13-,15+,17-;;/m0../s1. The van der Waals surface area contributed by atoms with Crippen LogP contribution in [0.25, 0.3) is 0 Å². The minimum Gasteiger partial charge on any atom is -0.497 e. The Balaban J connectivity index is 0.00000150. The van der Waals surface area contributed by atoms with E-state index >= 15 is 0 Å². The van der Waals surface area contributed by atoms with E-state index in [1.165, 1.54) is 11.8 Å². The van der Waals surface area contributed by atoms with E-state index in [0.717, 1.165) is 12.3 Å². The van der Waals surface area contributed by atoms with Crippen LogP contribution >= 0.6 is 24.8 Å². The molecule has 2 fully saturated rings. The Bertz CT molecular complexity index is 822. The van der Waals surface area contributed by atoms with Crippen molar-refractivity contribution in [3.05, 3.63) is 47.9 Å². The Morgan fingerprint density at radius 1 is 1.03 bits per heavy atom. The maximum absolute atomic E-state index is 12.9. The highest BCUT2D eigenvalue weighted by Gasteiger charge is 2.46. The summed E-state index contributed by atoms with van der Waals surface area (Å²) in [6, 6.07) is 9.82. The first-order chi connectivity index (χ1) is 12.9. The van der Waals surface area contributed by atoms with Crippen molar-refractivity contribution in [1.82, 2.24) is 14.9 Å². The normalized spacial score (nSPS) is 23.9. The second-order valence-corrected chi connectivity index (χ2v) is 7.22. The largest absolute Gasteiger partial charge is 0.497 e. The molecule has 5 nitrogen and oxygen atoms in total. The zero-order valence-electron chi connectivity index (χ0n) is 16.0. The topological polar surface area (TPSA) is 41.5 Å². The zero-order chi connectivity index (χ0) is 19.2. The maximum Gasteiger partial charge on any atom is 0.451 e. The number of methoxy groups -OCH3 is 1. The van der Waals surface area contributed by atoms with Crippen molar-refractivity contribution in [3.8, 4) is 5.75 Å². The fourth-order valence-electron chi connectivity index (χ4n) is 4.41. The zero-order valence-corrected chi connectivity index (χ0v) is 17.6. The van der Waals surface area contributed by atoms with Crippen LogP contribution < -0.4 is 9.64 Å². The molecular weight excluding hydrogens is 428 g/mol. The van der Waals surface area contributed by atoms with Gasteiger partial charge in [-0.05, 0) is 36.7 Å². The molecule has 0 unspecified atom stereocenters. The molecule has 3 atom stereocenters. The number of halogens is 5. The SMILES string of the molecule is COc1ccc([C@H]2[C@@H]3CN(c4ccnc(C(F)(F)F)n4)C[C@@H]3CN2C)cc1.Cl.Cl. The van der Waals surface area contributed by atoms with Gasteiger partial charge in [-0.3, -0.25) is 4.90 Å². The molecule has 3 heterocycles. The van der Waals surface area contributed by atoms with E-state index in [4.69, 9.17) is 4.74 Å². The van der Waals surface area contributed by atoms with Gasteiger partial charge >= 0.3 is 6.18 Å². The Hall–Kier alpha value is -1.77. The summed E-state index contributed by atoms with van der Waals surface area (Å²) in [5.41, 5.74) is 1.20. The van der Waals surface area contributed by atoms with Gasteiger partial charge in [0.05, 0.1) is 7.11 Å². The van der Waals surface area contributed by atoms with Gasteiger partial charge in [-0.15, -0.1) is 24.8 Å². The van der Waals surface area contributed by atoms with Crippen LogP contribution in [-0.4, -0.2) is 48.7 Å². The van der Waals surface area contributed by atoms with Gasteiger partial charge in [0.1, 0.15) is 11.6 Å². The molecule has 0 aliphatic carbocycles. The van der Waals surface area contributed by atoms with Gasteiger partial charge in [0.15, 0.2) is 0 Å². The van der Waals surface area contributed by atoms with Crippen LogP contribution in [0.1, 0.15) is 17.4 Å².